The Labute approximate surface area is 96.9 Å². The molecule has 0 fully saturated rings. The zero-order valence-electron chi connectivity index (χ0n) is 9.11. The highest BCUT2D eigenvalue weighted by atomic mass is 19.1. The van der Waals surface area contributed by atoms with Crippen molar-refractivity contribution in [1.29, 1.82) is 0 Å². The molecule has 0 unspecified atom stereocenters. The molecule has 0 heterocycles. The second kappa shape index (κ2) is 5.40. The van der Waals surface area contributed by atoms with E-state index in [2.05, 4.69) is 5.32 Å². The number of aliphatic hydroxyl groups excluding tert-OH is 1. The van der Waals surface area contributed by atoms with Gasteiger partial charge in [-0.1, -0.05) is 11.6 Å². The van der Waals surface area contributed by atoms with Gasteiger partial charge < -0.3 is 15.5 Å². The first-order valence-electron chi connectivity index (χ1n) is 4.87. The van der Waals surface area contributed by atoms with Crippen LogP contribution in [0.15, 0.2) is 18.2 Å². The fourth-order valence-electron chi connectivity index (χ4n) is 1.19. The Kier molecular flexibility index (Phi) is 4.17. The average Bonchev–Trinajstić information content (AvgIpc) is 2.28. The van der Waals surface area contributed by atoms with Gasteiger partial charge in [0.1, 0.15) is 5.82 Å². The van der Waals surface area contributed by atoms with Gasteiger partial charge in [-0.3, -0.25) is 4.79 Å². The molecule has 0 saturated heterocycles. The first-order valence-corrected chi connectivity index (χ1v) is 4.87. The maximum Gasteiger partial charge on any atom is 0.334 e. The molecular formula is C11H12FNO4. The number of benzene rings is 1. The highest BCUT2D eigenvalue weighted by Gasteiger charge is 2.16. The number of carbonyl (C=O) groups excluding carboxylic acids is 1. The number of aliphatic carboxylic acids is 1. The van der Waals surface area contributed by atoms with Gasteiger partial charge in [0.05, 0.1) is 12.1 Å². The number of rotatable bonds is 4. The summed E-state index contributed by atoms with van der Waals surface area (Å²) in [6.07, 6.45) is -1.70. The van der Waals surface area contributed by atoms with Gasteiger partial charge in [-0.2, -0.15) is 0 Å². The number of hydrogen-bond acceptors (Lipinski definition) is 3. The fraction of sp³-hybridized carbons (Fsp3) is 0.273. The Morgan fingerprint density at radius 1 is 1.47 bits per heavy atom. The van der Waals surface area contributed by atoms with Crippen molar-refractivity contribution in [1.82, 2.24) is 5.32 Å². The molecule has 1 amide bonds. The van der Waals surface area contributed by atoms with E-state index in [0.29, 0.717) is 5.56 Å². The predicted octanol–water partition coefficient (Wildman–Crippen LogP) is 0.309. The van der Waals surface area contributed by atoms with E-state index >= 15 is 0 Å². The van der Waals surface area contributed by atoms with Crippen LogP contribution in [-0.2, 0) is 4.79 Å². The first kappa shape index (κ1) is 13.1. The summed E-state index contributed by atoms with van der Waals surface area (Å²) in [7, 11) is 0. The predicted molar refractivity (Wildman–Crippen MR) is 57.1 cm³/mol. The second-order valence-electron chi connectivity index (χ2n) is 3.55. The third kappa shape index (κ3) is 3.53. The molecule has 0 spiro atoms. The Morgan fingerprint density at radius 2 is 2.12 bits per heavy atom. The van der Waals surface area contributed by atoms with E-state index in [1.54, 1.807) is 6.92 Å². The highest BCUT2D eigenvalue weighted by Crippen LogP contribution is 2.09. The van der Waals surface area contributed by atoms with Crippen molar-refractivity contribution in [3.8, 4) is 0 Å². The van der Waals surface area contributed by atoms with Crippen molar-refractivity contribution in [2.75, 3.05) is 6.54 Å². The Bertz CT molecular complexity index is 447. The van der Waals surface area contributed by atoms with E-state index < -0.39 is 30.3 Å². The van der Waals surface area contributed by atoms with Gasteiger partial charge in [0.25, 0.3) is 5.91 Å². The van der Waals surface area contributed by atoms with E-state index in [1.807, 2.05) is 0 Å². The maximum absolute atomic E-state index is 13.3. The minimum absolute atomic E-state index is 0.178. The van der Waals surface area contributed by atoms with Gasteiger partial charge in [0.15, 0.2) is 6.10 Å². The summed E-state index contributed by atoms with van der Waals surface area (Å²) in [5, 5.41) is 19.5. The van der Waals surface area contributed by atoms with E-state index in [1.165, 1.54) is 12.1 Å². The molecule has 0 saturated carbocycles. The normalized spacial score (nSPS) is 11.9. The van der Waals surface area contributed by atoms with Crippen LogP contribution in [0.1, 0.15) is 15.9 Å². The zero-order valence-corrected chi connectivity index (χ0v) is 9.11. The number of hydrogen-bond donors (Lipinski definition) is 3. The van der Waals surface area contributed by atoms with Crippen LogP contribution < -0.4 is 5.32 Å². The smallest absolute Gasteiger partial charge is 0.334 e. The molecule has 0 radical (unpaired) electrons. The summed E-state index contributed by atoms with van der Waals surface area (Å²) in [4.78, 5) is 21.8. The number of halogens is 1. The monoisotopic (exact) mass is 241 g/mol. The molecule has 6 heteroatoms. The maximum atomic E-state index is 13.3. The lowest BCUT2D eigenvalue weighted by molar-refractivity contribution is -0.146. The Hall–Kier alpha value is -1.95. The third-order valence-corrected chi connectivity index (χ3v) is 2.11. The summed E-state index contributed by atoms with van der Waals surface area (Å²) in [5.41, 5.74) is 0.526. The van der Waals surface area contributed by atoms with E-state index in [9.17, 15) is 14.0 Å². The summed E-state index contributed by atoms with van der Waals surface area (Å²) >= 11 is 0. The van der Waals surface area contributed by atoms with Gasteiger partial charge in [-0.25, -0.2) is 9.18 Å². The topological polar surface area (TPSA) is 86.6 Å². The Morgan fingerprint density at radius 3 is 2.71 bits per heavy atom. The average molecular weight is 241 g/mol. The molecule has 1 atom stereocenters. The third-order valence-electron chi connectivity index (χ3n) is 2.11. The van der Waals surface area contributed by atoms with Crippen molar-refractivity contribution < 1.29 is 24.2 Å². The van der Waals surface area contributed by atoms with E-state index in [0.717, 1.165) is 6.07 Å². The molecule has 3 N–H and O–H groups in total. The van der Waals surface area contributed by atoms with Crippen molar-refractivity contribution >= 4 is 11.9 Å². The van der Waals surface area contributed by atoms with Crippen LogP contribution in [0.2, 0.25) is 0 Å². The molecule has 0 aromatic heterocycles. The molecule has 1 aromatic rings. The molecule has 1 rings (SSSR count). The largest absolute Gasteiger partial charge is 0.479 e. The van der Waals surface area contributed by atoms with E-state index in [4.69, 9.17) is 10.2 Å². The van der Waals surface area contributed by atoms with Gasteiger partial charge >= 0.3 is 5.97 Å². The molecule has 5 nitrogen and oxygen atoms in total. The highest BCUT2D eigenvalue weighted by molar-refractivity contribution is 5.94. The van der Waals surface area contributed by atoms with Crippen molar-refractivity contribution in [2.24, 2.45) is 0 Å². The van der Waals surface area contributed by atoms with Crippen LogP contribution in [0.4, 0.5) is 4.39 Å². The molecule has 0 aliphatic heterocycles. The number of carboxylic acid groups (broad SMARTS) is 1. The van der Waals surface area contributed by atoms with Crippen LogP contribution in [0.25, 0.3) is 0 Å². The fourth-order valence-corrected chi connectivity index (χ4v) is 1.19. The molecule has 0 bridgehead atoms. The molecule has 17 heavy (non-hydrogen) atoms. The lowest BCUT2D eigenvalue weighted by Crippen LogP contribution is -2.36. The van der Waals surface area contributed by atoms with Crippen LogP contribution in [0.3, 0.4) is 0 Å². The SMILES string of the molecule is Cc1ccc(F)c(C(=O)NC[C@H](O)C(=O)O)c1. The zero-order chi connectivity index (χ0) is 13.0. The number of carboxylic acids is 1. The molecule has 1 aromatic carbocycles. The van der Waals surface area contributed by atoms with Crippen LogP contribution in [0, 0.1) is 12.7 Å². The standard InChI is InChI=1S/C11H12FNO4/c1-6-2-3-8(12)7(4-6)10(15)13-5-9(14)11(16)17/h2-4,9,14H,5H2,1H3,(H,13,15)(H,16,17)/t9-/m0/s1. The van der Waals surface area contributed by atoms with Crippen molar-refractivity contribution in [3.05, 3.63) is 35.1 Å². The summed E-state index contributed by atoms with van der Waals surface area (Å²) in [6.45, 7) is 1.23. The van der Waals surface area contributed by atoms with Gasteiger partial charge in [0, 0.05) is 0 Å². The minimum atomic E-state index is -1.70. The molecule has 92 valence electrons. The summed E-state index contributed by atoms with van der Waals surface area (Å²) in [5.74, 6) is -2.90. The van der Waals surface area contributed by atoms with Gasteiger partial charge in [-0.15, -0.1) is 0 Å². The number of nitrogens with one attached hydrogen (secondary N) is 1. The number of carbonyl (C=O) groups is 2. The molecule has 0 aliphatic rings. The molecule has 0 aliphatic carbocycles. The number of amides is 1. The lowest BCUT2D eigenvalue weighted by Gasteiger charge is -2.08. The van der Waals surface area contributed by atoms with Gasteiger partial charge in [0.2, 0.25) is 0 Å². The minimum Gasteiger partial charge on any atom is -0.479 e. The summed E-state index contributed by atoms with van der Waals surface area (Å²) in [6, 6.07) is 4.01. The van der Waals surface area contributed by atoms with E-state index in [-0.39, 0.29) is 5.56 Å². The number of aliphatic hydroxyl groups is 1. The summed E-state index contributed by atoms with van der Waals surface area (Å²) < 4.78 is 13.3. The number of aryl methyl sites for hydroxylation is 1. The second-order valence-corrected chi connectivity index (χ2v) is 3.55. The van der Waals surface area contributed by atoms with Crippen LogP contribution in [-0.4, -0.2) is 34.7 Å². The van der Waals surface area contributed by atoms with Crippen LogP contribution >= 0.6 is 0 Å². The lowest BCUT2D eigenvalue weighted by atomic mass is 10.1. The first-order chi connectivity index (χ1) is 7.91. The van der Waals surface area contributed by atoms with Crippen LogP contribution in [0.5, 0.6) is 0 Å². The van der Waals surface area contributed by atoms with Crippen molar-refractivity contribution in [3.63, 3.8) is 0 Å². The Balaban J connectivity index is 2.70. The van der Waals surface area contributed by atoms with Crippen molar-refractivity contribution in [2.45, 2.75) is 13.0 Å². The quantitative estimate of drug-likeness (QED) is 0.708. The molecular weight excluding hydrogens is 229 g/mol. The van der Waals surface area contributed by atoms with Gasteiger partial charge in [-0.05, 0) is 19.1 Å².